The summed E-state index contributed by atoms with van der Waals surface area (Å²) in [7, 11) is 0. The Morgan fingerprint density at radius 2 is 1.92 bits per heavy atom. The Morgan fingerprint density at radius 1 is 1.23 bits per heavy atom. The van der Waals surface area contributed by atoms with E-state index >= 15 is 0 Å². The number of amides is 2. The zero-order valence-electron chi connectivity index (χ0n) is 14.7. The molecule has 2 amide bonds. The number of halogens is 1. The van der Waals surface area contributed by atoms with Gasteiger partial charge in [-0.2, -0.15) is 0 Å². The van der Waals surface area contributed by atoms with Gasteiger partial charge in [0.15, 0.2) is 0 Å². The van der Waals surface area contributed by atoms with Crippen molar-refractivity contribution in [2.75, 3.05) is 6.54 Å². The third-order valence-corrected chi connectivity index (χ3v) is 4.48. The van der Waals surface area contributed by atoms with Gasteiger partial charge in [-0.1, -0.05) is 31.9 Å². The number of aliphatic hydroxyl groups excluding tert-OH is 1. The molecule has 0 aliphatic rings. The molecule has 1 aromatic heterocycles. The van der Waals surface area contributed by atoms with Gasteiger partial charge in [0.25, 0.3) is 5.91 Å². The van der Waals surface area contributed by atoms with Crippen molar-refractivity contribution in [2.45, 2.75) is 32.4 Å². The van der Waals surface area contributed by atoms with Crippen LogP contribution in [0.4, 0.5) is 0 Å². The minimum atomic E-state index is -0.946. The molecule has 6 nitrogen and oxygen atoms in total. The molecule has 1 aromatic carbocycles. The monoisotopic (exact) mass is 378 g/mol. The zero-order valence-corrected chi connectivity index (χ0v) is 15.5. The predicted octanol–water partition coefficient (Wildman–Crippen LogP) is 2.93. The zero-order chi connectivity index (χ0) is 19.1. The summed E-state index contributed by atoms with van der Waals surface area (Å²) in [4.78, 5) is 25.0. The summed E-state index contributed by atoms with van der Waals surface area (Å²) in [5.41, 5.74) is 0.422. The summed E-state index contributed by atoms with van der Waals surface area (Å²) in [6.45, 7) is 3.82. The van der Waals surface area contributed by atoms with Crippen LogP contribution in [0, 0.1) is 5.92 Å². The summed E-state index contributed by atoms with van der Waals surface area (Å²) in [6, 6.07) is 9.02. The molecular formula is C19H23ClN2O4. The molecule has 2 rings (SSSR count). The maximum Gasteiger partial charge on any atom is 0.251 e. The van der Waals surface area contributed by atoms with E-state index in [0.29, 0.717) is 22.8 Å². The van der Waals surface area contributed by atoms with Gasteiger partial charge in [-0.3, -0.25) is 9.59 Å². The molecule has 0 bridgehead atoms. The Labute approximate surface area is 157 Å². The van der Waals surface area contributed by atoms with Gasteiger partial charge in [0.1, 0.15) is 17.9 Å². The summed E-state index contributed by atoms with van der Waals surface area (Å²) in [5, 5.41) is 16.0. The van der Waals surface area contributed by atoms with Gasteiger partial charge in [0, 0.05) is 10.6 Å². The highest BCUT2D eigenvalue weighted by atomic mass is 35.5. The Kier molecular flexibility index (Phi) is 7.24. The fraction of sp³-hybridized carbons (Fsp3) is 0.368. The summed E-state index contributed by atoms with van der Waals surface area (Å²) in [5.74, 6) is -0.413. The fourth-order valence-electron chi connectivity index (χ4n) is 2.42. The molecule has 0 saturated heterocycles. The highest BCUT2D eigenvalue weighted by Crippen LogP contribution is 2.14. The van der Waals surface area contributed by atoms with Crippen molar-refractivity contribution in [3.8, 4) is 0 Å². The molecule has 26 heavy (non-hydrogen) atoms. The standard InChI is InChI=1S/C19H23ClN2O4/c1-3-12(2)17(22-18(24)13-6-8-14(20)9-7-13)19(25)21-11-15(23)16-5-4-10-26-16/h4-10,12,15,17,23H,3,11H2,1-2H3,(H,21,25)(H,22,24). The van der Waals surface area contributed by atoms with Crippen LogP contribution in [-0.2, 0) is 4.79 Å². The first kappa shape index (κ1) is 20.0. The minimum Gasteiger partial charge on any atom is -0.467 e. The number of nitrogens with one attached hydrogen (secondary N) is 2. The second kappa shape index (κ2) is 9.40. The Morgan fingerprint density at radius 3 is 2.50 bits per heavy atom. The summed E-state index contributed by atoms with van der Waals surface area (Å²) in [6.07, 6.45) is 1.22. The summed E-state index contributed by atoms with van der Waals surface area (Å²) < 4.78 is 5.11. The number of aliphatic hydroxyl groups is 1. The predicted molar refractivity (Wildman–Crippen MR) is 98.8 cm³/mol. The van der Waals surface area contributed by atoms with Crippen molar-refractivity contribution in [1.29, 1.82) is 0 Å². The Hall–Kier alpha value is -2.31. The maximum atomic E-state index is 12.5. The van der Waals surface area contributed by atoms with Crippen LogP contribution in [0.3, 0.4) is 0 Å². The number of hydrogen-bond donors (Lipinski definition) is 3. The van der Waals surface area contributed by atoms with Gasteiger partial charge in [-0.25, -0.2) is 0 Å². The first-order chi connectivity index (χ1) is 12.4. The average Bonchev–Trinajstić information content (AvgIpc) is 3.18. The molecule has 140 valence electrons. The topological polar surface area (TPSA) is 91.6 Å². The van der Waals surface area contributed by atoms with Crippen LogP contribution in [0.5, 0.6) is 0 Å². The van der Waals surface area contributed by atoms with Crippen LogP contribution < -0.4 is 10.6 Å². The molecule has 1 heterocycles. The van der Waals surface area contributed by atoms with Gasteiger partial charge in [0.2, 0.25) is 5.91 Å². The summed E-state index contributed by atoms with van der Waals surface area (Å²) >= 11 is 5.83. The largest absolute Gasteiger partial charge is 0.467 e. The van der Waals surface area contributed by atoms with E-state index in [1.807, 2.05) is 13.8 Å². The van der Waals surface area contributed by atoms with Crippen LogP contribution in [0.15, 0.2) is 47.1 Å². The molecule has 3 N–H and O–H groups in total. The number of hydrogen-bond acceptors (Lipinski definition) is 4. The molecule has 0 saturated carbocycles. The maximum absolute atomic E-state index is 12.5. The Bertz CT molecular complexity index is 716. The van der Waals surface area contributed by atoms with Crippen molar-refractivity contribution in [1.82, 2.24) is 10.6 Å². The van der Waals surface area contributed by atoms with Crippen molar-refractivity contribution in [3.05, 3.63) is 59.0 Å². The SMILES string of the molecule is CCC(C)C(NC(=O)c1ccc(Cl)cc1)C(=O)NCC(O)c1ccco1. The van der Waals surface area contributed by atoms with Crippen molar-refractivity contribution in [2.24, 2.45) is 5.92 Å². The van der Waals surface area contributed by atoms with E-state index in [2.05, 4.69) is 10.6 Å². The van der Waals surface area contributed by atoms with Gasteiger partial charge >= 0.3 is 0 Å². The second-order valence-corrected chi connectivity index (χ2v) is 6.56. The van der Waals surface area contributed by atoms with E-state index in [1.54, 1.807) is 36.4 Å². The second-order valence-electron chi connectivity index (χ2n) is 6.12. The van der Waals surface area contributed by atoms with E-state index in [1.165, 1.54) is 6.26 Å². The molecular weight excluding hydrogens is 356 g/mol. The number of rotatable bonds is 8. The first-order valence-electron chi connectivity index (χ1n) is 8.48. The Balaban J connectivity index is 2.00. The van der Waals surface area contributed by atoms with Gasteiger partial charge in [-0.05, 0) is 42.3 Å². The third-order valence-electron chi connectivity index (χ3n) is 4.23. The molecule has 0 spiro atoms. The normalized spacial score (nSPS) is 14.3. The lowest BCUT2D eigenvalue weighted by molar-refractivity contribution is -0.124. The van der Waals surface area contributed by atoms with Gasteiger partial charge < -0.3 is 20.2 Å². The van der Waals surface area contributed by atoms with Crippen molar-refractivity contribution in [3.63, 3.8) is 0 Å². The quantitative estimate of drug-likeness (QED) is 0.658. The van der Waals surface area contributed by atoms with E-state index in [-0.39, 0.29) is 24.3 Å². The first-order valence-corrected chi connectivity index (χ1v) is 8.85. The van der Waals surface area contributed by atoms with Gasteiger partial charge in [0.05, 0.1) is 12.8 Å². The lowest BCUT2D eigenvalue weighted by atomic mass is 9.97. The van der Waals surface area contributed by atoms with Crippen LogP contribution >= 0.6 is 11.6 Å². The number of carbonyl (C=O) groups is 2. The minimum absolute atomic E-state index is 0.00387. The molecule has 2 aromatic rings. The van der Waals surface area contributed by atoms with E-state index in [4.69, 9.17) is 16.0 Å². The molecule has 3 atom stereocenters. The van der Waals surface area contributed by atoms with Crippen molar-refractivity contribution < 1.29 is 19.1 Å². The highest BCUT2D eigenvalue weighted by Gasteiger charge is 2.27. The number of benzene rings is 1. The van der Waals surface area contributed by atoms with E-state index < -0.39 is 12.1 Å². The lowest BCUT2D eigenvalue weighted by Gasteiger charge is -2.24. The molecule has 0 fully saturated rings. The van der Waals surface area contributed by atoms with E-state index in [0.717, 1.165) is 0 Å². The molecule has 0 aliphatic heterocycles. The molecule has 0 aliphatic carbocycles. The van der Waals surface area contributed by atoms with Crippen molar-refractivity contribution >= 4 is 23.4 Å². The lowest BCUT2D eigenvalue weighted by Crippen LogP contribution is -2.50. The third kappa shape index (κ3) is 5.34. The number of furan rings is 1. The smallest absolute Gasteiger partial charge is 0.251 e. The van der Waals surface area contributed by atoms with Crippen LogP contribution in [-0.4, -0.2) is 29.5 Å². The van der Waals surface area contributed by atoms with Gasteiger partial charge in [-0.15, -0.1) is 0 Å². The van der Waals surface area contributed by atoms with E-state index in [9.17, 15) is 14.7 Å². The molecule has 0 radical (unpaired) electrons. The van der Waals surface area contributed by atoms with Crippen LogP contribution in [0.2, 0.25) is 5.02 Å². The molecule has 3 unspecified atom stereocenters. The fourth-order valence-corrected chi connectivity index (χ4v) is 2.54. The highest BCUT2D eigenvalue weighted by molar-refractivity contribution is 6.30. The van der Waals surface area contributed by atoms with Crippen LogP contribution in [0.1, 0.15) is 42.5 Å². The molecule has 7 heteroatoms. The average molecular weight is 379 g/mol. The van der Waals surface area contributed by atoms with Crippen LogP contribution in [0.25, 0.3) is 0 Å². The number of carbonyl (C=O) groups excluding carboxylic acids is 2.